The standard InChI is InChI=1S/C3H8O4S.C3H8O2/c1-2-3-7-8(4,5)6;1-3(5)2-4/h2-3H2,1H3,(H,4,5,6);3-5H,2H2,1H3. The quantitative estimate of drug-likeness (QED) is 0.551. The van der Waals surface area contributed by atoms with Gasteiger partial charge < -0.3 is 10.2 Å². The van der Waals surface area contributed by atoms with E-state index in [4.69, 9.17) is 14.8 Å². The summed E-state index contributed by atoms with van der Waals surface area (Å²) in [6, 6.07) is 0. The lowest BCUT2D eigenvalue weighted by Crippen LogP contribution is -2.03. The van der Waals surface area contributed by atoms with Crippen molar-refractivity contribution in [2.24, 2.45) is 0 Å². The number of hydrogen-bond donors (Lipinski definition) is 3. The minimum absolute atomic E-state index is 0.0405. The molecule has 7 heteroatoms. The molecule has 0 aliphatic heterocycles. The first-order chi connectivity index (χ1) is 5.83. The van der Waals surface area contributed by atoms with Crippen molar-refractivity contribution in [3.63, 3.8) is 0 Å². The van der Waals surface area contributed by atoms with Gasteiger partial charge in [0, 0.05) is 0 Å². The van der Waals surface area contributed by atoms with Gasteiger partial charge in [-0.1, -0.05) is 6.92 Å². The highest BCUT2D eigenvalue weighted by Crippen LogP contribution is 1.86. The number of aliphatic hydroxyl groups excluding tert-OH is 2. The van der Waals surface area contributed by atoms with Gasteiger partial charge in [0.2, 0.25) is 0 Å². The van der Waals surface area contributed by atoms with E-state index < -0.39 is 16.5 Å². The molecule has 0 aromatic rings. The molecule has 0 amide bonds. The van der Waals surface area contributed by atoms with E-state index in [0.29, 0.717) is 6.42 Å². The summed E-state index contributed by atoms with van der Waals surface area (Å²) < 4.78 is 31.3. The van der Waals surface area contributed by atoms with Crippen molar-refractivity contribution in [2.45, 2.75) is 26.4 Å². The molecule has 0 aromatic heterocycles. The van der Waals surface area contributed by atoms with E-state index in [9.17, 15) is 8.42 Å². The highest BCUT2D eigenvalue weighted by Gasteiger charge is 1.99. The highest BCUT2D eigenvalue weighted by atomic mass is 32.3. The predicted octanol–water partition coefficient (Wildman–Crippen LogP) is -0.425. The van der Waals surface area contributed by atoms with Crippen LogP contribution < -0.4 is 0 Å². The number of rotatable bonds is 4. The van der Waals surface area contributed by atoms with Crippen LogP contribution in [0.5, 0.6) is 0 Å². The van der Waals surface area contributed by atoms with Crippen molar-refractivity contribution in [3.05, 3.63) is 0 Å². The van der Waals surface area contributed by atoms with Crippen LogP contribution in [0.1, 0.15) is 20.3 Å². The Hall–Kier alpha value is -0.210. The molecule has 0 heterocycles. The largest absolute Gasteiger partial charge is 0.397 e. The monoisotopic (exact) mass is 216 g/mol. The fourth-order valence-electron chi connectivity index (χ4n) is 0.189. The Labute approximate surface area is 78.1 Å². The van der Waals surface area contributed by atoms with Crippen LogP contribution in [0.3, 0.4) is 0 Å². The first-order valence-corrected chi connectivity index (χ1v) is 5.10. The molecule has 0 aliphatic rings. The number of aliphatic hydroxyl groups is 2. The third-order valence-corrected chi connectivity index (χ3v) is 1.17. The molecule has 0 saturated heterocycles. The molecule has 6 nitrogen and oxygen atoms in total. The normalized spacial score (nSPS) is 13.0. The van der Waals surface area contributed by atoms with E-state index in [0.717, 1.165) is 0 Å². The Balaban J connectivity index is 0. The van der Waals surface area contributed by atoms with Gasteiger partial charge >= 0.3 is 10.4 Å². The summed E-state index contributed by atoms with van der Waals surface area (Å²) in [6.45, 7) is 3.17. The van der Waals surface area contributed by atoms with E-state index in [1.807, 2.05) is 0 Å². The first kappa shape index (κ1) is 15.3. The molecule has 1 atom stereocenters. The predicted molar refractivity (Wildman–Crippen MR) is 46.6 cm³/mol. The van der Waals surface area contributed by atoms with Gasteiger partial charge in [-0.2, -0.15) is 8.42 Å². The second-order valence-corrected chi connectivity index (χ2v) is 3.37. The average molecular weight is 216 g/mol. The van der Waals surface area contributed by atoms with Gasteiger partial charge in [0.25, 0.3) is 0 Å². The fraction of sp³-hybridized carbons (Fsp3) is 1.00. The Morgan fingerprint density at radius 1 is 1.46 bits per heavy atom. The molecule has 13 heavy (non-hydrogen) atoms. The zero-order chi connectivity index (χ0) is 10.9. The van der Waals surface area contributed by atoms with Crippen molar-refractivity contribution >= 4 is 10.4 Å². The van der Waals surface area contributed by atoms with Gasteiger partial charge in [-0.3, -0.25) is 4.55 Å². The van der Waals surface area contributed by atoms with Gasteiger partial charge in [0.05, 0.1) is 19.3 Å². The third-order valence-electron chi connectivity index (χ3n) is 0.701. The zero-order valence-corrected chi connectivity index (χ0v) is 8.49. The van der Waals surface area contributed by atoms with Crippen LogP contribution in [0, 0.1) is 0 Å². The lowest BCUT2D eigenvalue weighted by atomic mass is 10.5. The average Bonchev–Trinajstić information content (AvgIpc) is 2.00. The Bertz CT molecular complexity index is 185. The van der Waals surface area contributed by atoms with E-state index >= 15 is 0 Å². The maximum Gasteiger partial charge on any atom is 0.397 e. The van der Waals surface area contributed by atoms with Crippen molar-refractivity contribution in [2.75, 3.05) is 13.2 Å². The maximum atomic E-state index is 9.72. The molecule has 0 fully saturated rings. The lowest BCUT2D eigenvalue weighted by molar-refractivity contribution is 0.110. The molecular formula is C6H16O6S. The molecule has 0 bridgehead atoms. The molecule has 0 rings (SSSR count). The van der Waals surface area contributed by atoms with Gasteiger partial charge in [-0.05, 0) is 13.3 Å². The molecule has 0 aromatic carbocycles. The Morgan fingerprint density at radius 2 is 1.85 bits per heavy atom. The summed E-state index contributed by atoms with van der Waals surface area (Å²) in [5.74, 6) is 0. The molecule has 82 valence electrons. The van der Waals surface area contributed by atoms with Crippen molar-refractivity contribution in [1.82, 2.24) is 0 Å². The third kappa shape index (κ3) is 24.5. The first-order valence-electron chi connectivity index (χ1n) is 3.74. The zero-order valence-electron chi connectivity index (χ0n) is 7.67. The Morgan fingerprint density at radius 3 is 1.92 bits per heavy atom. The van der Waals surface area contributed by atoms with Gasteiger partial charge in [-0.25, -0.2) is 4.18 Å². The van der Waals surface area contributed by atoms with Crippen LogP contribution in [0.25, 0.3) is 0 Å². The van der Waals surface area contributed by atoms with Crippen molar-refractivity contribution in [1.29, 1.82) is 0 Å². The van der Waals surface area contributed by atoms with Crippen LogP contribution in [0.4, 0.5) is 0 Å². The summed E-state index contributed by atoms with van der Waals surface area (Å²) in [6.07, 6.45) is 0.00905. The molecule has 0 spiro atoms. The lowest BCUT2D eigenvalue weighted by Gasteiger charge is -1.92. The van der Waals surface area contributed by atoms with Crippen LogP contribution >= 0.6 is 0 Å². The number of hydrogen-bond acceptors (Lipinski definition) is 5. The smallest absolute Gasteiger partial charge is 0.394 e. The molecular weight excluding hydrogens is 200 g/mol. The van der Waals surface area contributed by atoms with E-state index in [-0.39, 0.29) is 13.2 Å². The minimum atomic E-state index is -4.19. The van der Waals surface area contributed by atoms with Gasteiger partial charge in [-0.15, -0.1) is 0 Å². The van der Waals surface area contributed by atoms with E-state index in [1.54, 1.807) is 6.92 Å². The second kappa shape index (κ2) is 8.39. The second-order valence-electron chi connectivity index (χ2n) is 2.28. The fourth-order valence-corrected chi connectivity index (χ4v) is 0.566. The summed E-state index contributed by atoms with van der Waals surface area (Å²) in [7, 11) is -4.19. The van der Waals surface area contributed by atoms with Crippen LogP contribution in [0.15, 0.2) is 0 Å². The molecule has 0 radical (unpaired) electrons. The van der Waals surface area contributed by atoms with Crippen LogP contribution in [0.2, 0.25) is 0 Å². The topological polar surface area (TPSA) is 104 Å². The molecule has 0 saturated carbocycles. The summed E-state index contributed by atoms with van der Waals surface area (Å²) >= 11 is 0. The SMILES string of the molecule is CC(O)CO.CCCOS(=O)(=O)O. The molecule has 3 N–H and O–H groups in total. The highest BCUT2D eigenvalue weighted by molar-refractivity contribution is 7.80. The van der Waals surface area contributed by atoms with E-state index in [1.165, 1.54) is 6.92 Å². The van der Waals surface area contributed by atoms with Crippen LogP contribution in [-0.4, -0.2) is 42.5 Å². The van der Waals surface area contributed by atoms with Crippen molar-refractivity contribution in [3.8, 4) is 0 Å². The summed E-state index contributed by atoms with van der Waals surface area (Å²) in [5.41, 5.74) is 0. The van der Waals surface area contributed by atoms with E-state index in [2.05, 4.69) is 4.18 Å². The van der Waals surface area contributed by atoms with Gasteiger partial charge in [0.1, 0.15) is 0 Å². The van der Waals surface area contributed by atoms with Crippen LogP contribution in [-0.2, 0) is 14.6 Å². The minimum Gasteiger partial charge on any atom is -0.394 e. The maximum absolute atomic E-state index is 9.72. The summed E-state index contributed by atoms with van der Waals surface area (Å²) in [5, 5.41) is 16.0. The van der Waals surface area contributed by atoms with Gasteiger partial charge in [0.15, 0.2) is 0 Å². The summed E-state index contributed by atoms with van der Waals surface area (Å²) in [4.78, 5) is 0. The molecule has 0 aliphatic carbocycles. The molecule has 1 unspecified atom stereocenters. The van der Waals surface area contributed by atoms with Crippen molar-refractivity contribution < 1.29 is 27.4 Å². The Kier molecular flexibility index (Phi) is 9.86.